The van der Waals surface area contributed by atoms with Crippen LogP contribution in [0.2, 0.25) is 0 Å². The molecule has 4 heavy (non-hydrogen) atoms. The summed E-state index contributed by atoms with van der Waals surface area (Å²) in [5.41, 5.74) is 0. The van der Waals surface area contributed by atoms with Gasteiger partial charge in [-0.1, -0.05) is 0 Å². The van der Waals surface area contributed by atoms with E-state index in [1.54, 1.807) is 0 Å². The van der Waals surface area contributed by atoms with Crippen LogP contribution >= 0.6 is 0 Å². The van der Waals surface area contributed by atoms with Gasteiger partial charge in [-0.05, 0) is 0 Å². The molecular formula is InTi3. The summed E-state index contributed by atoms with van der Waals surface area (Å²) in [4.78, 5) is 0. The Labute approximate surface area is 89.3 Å². The molecule has 0 bridgehead atoms. The fraction of sp³-hybridized carbons (Fsp3) is 0. The average molecular weight is 258 g/mol. The smallest absolute Gasteiger partial charge is 0 e. The van der Waals surface area contributed by atoms with Crippen molar-refractivity contribution in [2.45, 2.75) is 0 Å². The van der Waals surface area contributed by atoms with Crippen molar-refractivity contribution in [3.63, 3.8) is 0 Å². The van der Waals surface area contributed by atoms with Crippen LogP contribution in [0.25, 0.3) is 0 Å². The van der Waals surface area contributed by atoms with E-state index in [2.05, 4.69) is 0 Å². The summed E-state index contributed by atoms with van der Waals surface area (Å²) in [7, 11) is 0. The Bertz CT molecular complexity index is 3.25. The standard InChI is InChI=1S/In.3Ti. The second-order valence-electron chi connectivity index (χ2n) is 0. The van der Waals surface area contributed by atoms with Gasteiger partial charge in [-0.3, -0.25) is 0 Å². The first-order chi connectivity index (χ1) is 0. The molecule has 0 amide bonds. The predicted molar refractivity (Wildman–Crippen MR) is 5.75 cm³/mol. The van der Waals surface area contributed by atoms with E-state index in [1.165, 1.54) is 0 Å². The van der Waals surface area contributed by atoms with Crippen LogP contribution < -0.4 is 0 Å². The molecule has 0 aromatic heterocycles. The molecule has 0 aromatic rings. The van der Waals surface area contributed by atoms with Crippen molar-refractivity contribution in [3.05, 3.63) is 0 Å². The topological polar surface area (TPSA) is 0 Å². The van der Waals surface area contributed by atoms with Crippen LogP contribution in [-0.4, -0.2) is 25.8 Å². The van der Waals surface area contributed by atoms with Gasteiger partial charge < -0.3 is 0 Å². The summed E-state index contributed by atoms with van der Waals surface area (Å²) in [5, 5.41) is 0. The van der Waals surface area contributed by atoms with Gasteiger partial charge in [0.2, 0.25) is 0 Å². The van der Waals surface area contributed by atoms with Crippen molar-refractivity contribution in [1.82, 2.24) is 0 Å². The third-order valence-corrected chi connectivity index (χ3v) is 0. The molecule has 0 rings (SSSR count). The van der Waals surface area contributed by atoms with Crippen molar-refractivity contribution >= 4 is 25.8 Å². The minimum atomic E-state index is 0. The average Bonchev–Trinajstić information content (AvgIpc) is 0. The molecule has 0 N–H and O–H groups in total. The predicted octanol–water partition coefficient (Wildman–Crippen LogP) is -0.388. The van der Waals surface area contributed by atoms with Gasteiger partial charge in [0.25, 0.3) is 0 Å². The van der Waals surface area contributed by atoms with Crippen LogP contribution in [0.1, 0.15) is 0 Å². The third kappa shape index (κ3) is 8.89. The van der Waals surface area contributed by atoms with Gasteiger partial charge in [0.1, 0.15) is 0 Å². The molecule has 0 atom stereocenters. The zero-order valence-electron chi connectivity index (χ0n) is 2.08. The molecule has 0 aromatic carbocycles. The normalized spacial score (nSPS) is 0. The minimum Gasteiger partial charge on any atom is 0 e. The van der Waals surface area contributed by atoms with Crippen LogP contribution in [0.3, 0.4) is 0 Å². The van der Waals surface area contributed by atoms with E-state index in [4.69, 9.17) is 0 Å². The Balaban J connectivity index is 0. The quantitative estimate of drug-likeness (QED) is 0.519. The summed E-state index contributed by atoms with van der Waals surface area (Å²) in [6.07, 6.45) is 0. The van der Waals surface area contributed by atoms with E-state index < -0.39 is 0 Å². The SMILES string of the molecule is [In].[Ti].[Ti].[Ti]. The first-order valence-corrected chi connectivity index (χ1v) is 0. The van der Waals surface area contributed by atoms with Crippen LogP contribution in [0.5, 0.6) is 0 Å². The molecule has 0 aliphatic rings. The first kappa shape index (κ1) is 27.9. The van der Waals surface area contributed by atoms with E-state index in [1.807, 2.05) is 0 Å². The van der Waals surface area contributed by atoms with E-state index in [0.29, 0.717) is 0 Å². The van der Waals surface area contributed by atoms with Gasteiger partial charge >= 0.3 is 0 Å². The van der Waals surface area contributed by atoms with Crippen LogP contribution in [0, 0.1) is 0 Å². The van der Waals surface area contributed by atoms with Gasteiger partial charge in [-0.25, -0.2) is 0 Å². The largest absolute Gasteiger partial charge is 0 e. The summed E-state index contributed by atoms with van der Waals surface area (Å²) < 4.78 is 0. The Hall–Kier alpha value is 3.01. The van der Waals surface area contributed by atoms with Crippen molar-refractivity contribution < 1.29 is 65.2 Å². The van der Waals surface area contributed by atoms with Gasteiger partial charge in [-0.15, -0.1) is 0 Å². The number of rotatable bonds is 0. The summed E-state index contributed by atoms with van der Waals surface area (Å²) in [6.45, 7) is 0. The van der Waals surface area contributed by atoms with Gasteiger partial charge in [-0.2, -0.15) is 0 Å². The third-order valence-electron chi connectivity index (χ3n) is 0. The molecule has 0 nitrogen and oxygen atoms in total. The minimum absolute atomic E-state index is 0. The maximum absolute atomic E-state index is 0. The van der Waals surface area contributed by atoms with Crippen LogP contribution in [0.15, 0.2) is 0 Å². The van der Waals surface area contributed by atoms with Crippen molar-refractivity contribution in [2.75, 3.05) is 0 Å². The first-order valence-electron chi connectivity index (χ1n) is 0. The number of hydrogen-bond donors (Lipinski definition) is 0. The summed E-state index contributed by atoms with van der Waals surface area (Å²) >= 11 is 0. The molecule has 0 spiro atoms. The van der Waals surface area contributed by atoms with Gasteiger partial charge in [0.15, 0.2) is 0 Å². The maximum Gasteiger partial charge on any atom is 0 e. The van der Waals surface area contributed by atoms with Gasteiger partial charge in [0.05, 0.1) is 0 Å². The summed E-state index contributed by atoms with van der Waals surface area (Å²) in [6, 6.07) is 0. The fourth-order valence-corrected chi connectivity index (χ4v) is 0. The monoisotopic (exact) mass is 259 g/mol. The molecule has 15 valence electrons. The Morgan fingerprint density at radius 1 is 0.500 bits per heavy atom. The second kappa shape index (κ2) is 16.6. The molecule has 0 unspecified atom stereocenters. The van der Waals surface area contributed by atoms with Crippen molar-refractivity contribution in [2.24, 2.45) is 0 Å². The Morgan fingerprint density at radius 3 is 0.500 bits per heavy atom. The van der Waals surface area contributed by atoms with Gasteiger partial charge in [0, 0.05) is 91.0 Å². The molecule has 4 heteroatoms. The second-order valence-corrected chi connectivity index (χ2v) is 0. The zero-order valence-corrected chi connectivity index (χ0v) is 10.1. The molecule has 3 radical (unpaired) electrons. The van der Waals surface area contributed by atoms with Crippen molar-refractivity contribution in [3.8, 4) is 0 Å². The van der Waals surface area contributed by atoms with Crippen LogP contribution in [0.4, 0.5) is 0 Å². The van der Waals surface area contributed by atoms with Crippen LogP contribution in [-0.2, 0) is 65.2 Å². The van der Waals surface area contributed by atoms with E-state index in [-0.39, 0.29) is 91.0 Å². The maximum atomic E-state index is 0. The molecule has 0 saturated carbocycles. The van der Waals surface area contributed by atoms with Crippen molar-refractivity contribution in [1.29, 1.82) is 0 Å². The Morgan fingerprint density at radius 2 is 0.500 bits per heavy atom. The molecule has 0 aliphatic heterocycles. The molecule has 0 fully saturated rings. The molecule has 0 saturated heterocycles. The molecule has 0 heterocycles. The zero-order chi connectivity index (χ0) is 0. The van der Waals surface area contributed by atoms with E-state index >= 15 is 0 Å². The fourth-order valence-electron chi connectivity index (χ4n) is 0. The van der Waals surface area contributed by atoms with E-state index in [9.17, 15) is 0 Å². The summed E-state index contributed by atoms with van der Waals surface area (Å²) in [5.74, 6) is 0. The molecular weight excluding hydrogens is 258 g/mol. The van der Waals surface area contributed by atoms with E-state index in [0.717, 1.165) is 0 Å². The molecule has 0 aliphatic carbocycles. The Kier molecular flexibility index (Phi) is 116. The number of hydrogen-bond acceptors (Lipinski definition) is 0.